The maximum absolute atomic E-state index is 10.8. The number of hydrogen-bond donors (Lipinski definition) is 1. The molecule has 0 fully saturated rings. The first kappa shape index (κ1) is 12.9. The summed E-state index contributed by atoms with van der Waals surface area (Å²) in [7, 11) is -4.58. The minimum Gasteiger partial charge on any atom is -0.361 e. The molecule has 4 nitrogen and oxygen atoms in total. The average Bonchev–Trinajstić information content (AvgIpc) is 2.28. The predicted molar refractivity (Wildman–Crippen MR) is 69.1 cm³/mol. The molecule has 94 valence electrons. The molecule has 18 heavy (non-hydrogen) atoms. The van der Waals surface area contributed by atoms with Gasteiger partial charge in [-0.1, -0.05) is 41.9 Å². The minimum atomic E-state index is -4.58. The van der Waals surface area contributed by atoms with Crippen LogP contribution in [0.5, 0.6) is 5.75 Å². The van der Waals surface area contributed by atoms with Crippen LogP contribution in [0.3, 0.4) is 0 Å². The molecule has 0 aliphatic heterocycles. The predicted octanol–water partition coefficient (Wildman–Crippen LogP) is 3.19. The molecule has 0 aliphatic rings. The van der Waals surface area contributed by atoms with Gasteiger partial charge in [0.15, 0.2) is 5.75 Å². The molecule has 0 amide bonds. The van der Waals surface area contributed by atoms with E-state index in [1.165, 1.54) is 6.07 Å². The van der Waals surface area contributed by atoms with Gasteiger partial charge in [0.05, 0.1) is 0 Å². The van der Waals surface area contributed by atoms with Crippen molar-refractivity contribution in [3.05, 3.63) is 53.6 Å². The van der Waals surface area contributed by atoms with Crippen LogP contribution in [0.15, 0.2) is 48.5 Å². The Bertz CT molecular complexity index is 653. The lowest BCUT2D eigenvalue weighted by Gasteiger charge is -2.09. The molecule has 2 aromatic carbocycles. The van der Waals surface area contributed by atoms with Crippen molar-refractivity contribution in [1.29, 1.82) is 0 Å². The van der Waals surface area contributed by atoms with Crippen LogP contribution in [-0.4, -0.2) is 13.0 Å². The van der Waals surface area contributed by atoms with Crippen LogP contribution in [0.25, 0.3) is 11.1 Å². The third-order valence-electron chi connectivity index (χ3n) is 2.22. The van der Waals surface area contributed by atoms with Gasteiger partial charge in [0.2, 0.25) is 0 Å². The van der Waals surface area contributed by atoms with Crippen LogP contribution in [0.2, 0.25) is 5.02 Å². The van der Waals surface area contributed by atoms with E-state index >= 15 is 0 Å². The van der Waals surface area contributed by atoms with Gasteiger partial charge in [0, 0.05) is 16.7 Å². The summed E-state index contributed by atoms with van der Waals surface area (Å²) < 4.78 is 34.8. The van der Waals surface area contributed by atoms with E-state index < -0.39 is 10.4 Å². The van der Waals surface area contributed by atoms with Gasteiger partial charge in [-0.3, -0.25) is 4.55 Å². The standard InChI is InChI=1S/C12H9ClO4S/c13-10-6-7-11(9-4-2-1-3-5-9)12(8-10)17-18(14,15)16/h1-8H,(H,14,15,16). The van der Waals surface area contributed by atoms with Gasteiger partial charge in [-0.15, -0.1) is 0 Å². The van der Waals surface area contributed by atoms with Crippen molar-refractivity contribution < 1.29 is 17.2 Å². The second-order valence-corrected chi connectivity index (χ2v) is 4.98. The van der Waals surface area contributed by atoms with Crippen LogP contribution >= 0.6 is 11.6 Å². The Morgan fingerprint density at radius 2 is 1.72 bits per heavy atom. The maximum atomic E-state index is 10.8. The number of halogens is 1. The van der Waals surface area contributed by atoms with E-state index in [4.69, 9.17) is 16.2 Å². The summed E-state index contributed by atoms with van der Waals surface area (Å²) in [5, 5.41) is 0.313. The highest BCUT2D eigenvalue weighted by atomic mass is 35.5. The van der Waals surface area contributed by atoms with Crippen molar-refractivity contribution in [3.63, 3.8) is 0 Å². The molecule has 0 saturated heterocycles. The van der Waals surface area contributed by atoms with Crippen LogP contribution in [-0.2, 0) is 10.4 Å². The zero-order chi connectivity index (χ0) is 13.2. The molecule has 0 spiro atoms. The first-order valence-corrected chi connectivity index (χ1v) is 6.72. The fourth-order valence-electron chi connectivity index (χ4n) is 1.53. The van der Waals surface area contributed by atoms with E-state index in [9.17, 15) is 8.42 Å². The highest BCUT2D eigenvalue weighted by Crippen LogP contribution is 2.33. The Hall–Kier alpha value is -1.56. The van der Waals surface area contributed by atoms with E-state index in [1.807, 2.05) is 6.07 Å². The van der Waals surface area contributed by atoms with Crippen molar-refractivity contribution in [1.82, 2.24) is 0 Å². The molecular formula is C12H9ClO4S. The van der Waals surface area contributed by atoms with Crippen LogP contribution in [0, 0.1) is 0 Å². The molecule has 6 heteroatoms. The van der Waals surface area contributed by atoms with E-state index in [2.05, 4.69) is 4.18 Å². The first-order chi connectivity index (χ1) is 8.46. The van der Waals surface area contributed by atoms with Crippen molar-refractivity contribution in [2.24, 2.45) is 0 Å². The van der Waals surface area contributed by atoms with Crippen molar-refractivity contribution in [3.8, 4) is 16.9 Å². The van der Waals surface area contributed by atoms with E-state index in [0.29, 0.717) is 10.6 Å². The van der Waals surface area contributed by atoms with Crippen molar-refractivity contribution in [2.75, 3.05) is 0 Å². The summed E-state index contributed by atoms with van der Waals surface area (Å²) in [6, 6.07) is 13.6. The second kappa shape index (κ2) is 4.97. The summed E-state index contributed by atoms with van der Waals surface area (Å²) in [5.41, 5.74) is 1.28. The molecule has 0 saturated carbocycles. The molecule has 0 unspecified atom stereocenters. The van der Waals surface area contributed by atoms with Crippen LogP contribution < -0.4 is 4.18 Å². The number of hydrogen-bond acceptors (Lipinski definition) is 3. The third-order valence-corrected chi connectivity index (χ3v) is 2.85. The molecular weight excluding hydrogens is 276 g/mol. The number of benzene rings is 2. The van der Waals surface area contributed by atoms with Gasteiger partial charge in [0.1, 0.15) is 0 Å². The highest BCUT2D eigenvalue weighted by Gasteiger charge is 2.13. The average molecular weight is 285 g/mol. The molecule has 2 rings (SSSR count). The Morgan fingerprint density at radius 1 is 1.06 bits per heavy atom. The van der Waals surface area contributed by atoms with Gasteiger partial charge >= 0.3 is 10.4 Å². The molecule has 0 heterocycles. The molecule has 0 bridgehead atoms. The van der Waals surface area contributed by atoms with Crippen molar-refractivity contribution >= 4 is 22.0 Å². The molecule has 0 atom stereocenters. The van der Waals surface area contributed by atoms with Gasteiger partial charge in [-0.2, -0.15) is 8.42 Å². The molecule has 2 aromatic rings. The Morgan fingerprint density at radius 3 is 2.33 bits per heavy atom. The normalized spacial score (nSPS) is 11.2. The van der Waals surface area contributed by atoms with Gasteiger partial charge < -0.3 is 4.18 Å². The highest BCUT2D eigenvalue weighted by molar-refractivity contribution is 7.81. The lowest BCUT2D eigenvalue weighted by molar-refractivity contribution is 0.387. The zero-order valence-corrected chi connectivity index (χ0v) is 10.6. The molecule has 0 aliphatic carbocycles. The first-order valence-electron chi connectivity index (χ1n) is 4.97. The second-order valence-electron chi connectivity index (χ2n) is 3.52. The topological polar surface area (TPSA) is 63.6 Å². The van der Waals surface area contributed by atoms with Crippen LogP contribution in [0.1, 0.15) is 0 Å². The molecule has 1 N–H and O–H groups in total. The molecule has 0 aromatic heterocycles. The SMILES string of the molecule is O=S(=O)(O)Oc1cc(Cl)ccc1-c1ccccc1. The quantitative estimate of drug-likeness (QED) is 0.879. The Balaban J connectivity index is 2.54. The third kappa shape index (κ3) is 3.22. The van der Waals surface area contributed by atoms with Gasteiger partial charge in [-0.05, 0) is 17.7 Å². The smallest absolute Gasteiger partial charge is 0.361 e. The van der Waals surface area contributed by atoms with Gasteiger partial charge in [-0.25, -0.2) is 0 Å². The largest absolute Gasteiger partial charge is 0.446 e. The van der Waals surface area contributed by atoms with Crippen LogP contribution in [0.4, 0.5) is 0 Å². The fraction of sp³-hybridized carbons (Fsp3) is 0. The Labute approximate surface area is 110 Å². The summed E-state index contributed by atoms with van der Waals surface area (Å²) in [6.07, 6.45) is 0. The Kier molecular flexibility index (Phi) is 3.56. The summed E-state index contributed by atoms with van der Waals surface area (Å²) in [4.78, 5) is 0. The molecule has 0 radical (unpaired) electrons. The minimum absolute atomic E-state index is 0.0174. The number of rotatable bonds is 3. The van der Waals surface area contributed by atoms with Gasteiger partial charge in [0.25, 0.3) is 0 Å². The van der Waals surface area contributed by atoms with Crippen molar-refractivity contribution in [2.45, 2.75) is 0 Å². The summed E-state index contributed by atoms with van der Waals surface area (Å²) in [6.45, 7) is 0. The lowest BCUT2D eigenvalue weighted by Crippen LogP contribution is -2.07. The monoisotopic (exact) mass is 284 g/mol. The van der Waals surface area contributed by atoms with E-state index in [1.54, 1.807) is 36.4 Å². The maximum Gasteiger partial charge on any atom is 0.446 e. The summed E-state index contributed by atoms with van der Waals surface area (Å²) in [5.74, 6) is -0.0174. The van der Waals surface area contributed by atoms with E-state index in [0.717, 1.165) is 5.56 Å². The summed E-state index contributed by atoms with van der Waals surface area (Å²) >= 11 is 5.78. The zero-order valence-electron chi connectivity index (χ0n) is 9.08. The van der Waals surface area contributed by atoms with E-state index in [-0.39, 0.29) is 5.75 Å². The fourth-order valence-corrected chi connectivity index (χ4v) is 2.06. The lowest BCUT2D eigenvalue weighted by atomic mass is 10.1.